The van der Waals surface area contributed by atoms with Gasteiger partial charge in [-0.05, 0) is 42.7 Å². The molecule has 32 heavy (non-hydrogen) atoms. The highest BCUT2D eigenvalue weighted by molar-refractivity contribution is 7.99. The van der Waals surface area contributed by atoms with Gasteiger partial charge in [0.05, 0.1) is 18.4 Å². The average molecular weight is 451 g/mol. The van der Waals surface area contributed by atoms with Gasteiger partial charge in [0, 0.05) is 25.2 Å². The molecule has 1 amide bonds. The normalized spacial score (nSPS) is 11.3. The molecule has 0 unspecified atom stereocenters. The van der Waals surface area contributed by atoms with E-state index in [-0.39, 0.29) is 17.2 Å². The first-order valence-corrected chi connectivity index (χ1v) is 11.4. The highest BCUT2D eigenvalue weighted by Gasteiger charge is 2.18. The molecule has 0 aliphatic rings. The minimum atomic E-state index is -0.150. The lowest BCUT2D eigenvalue weighted by atomic mass is 10.1. The van der Waals surface area contributed by atoms with Crippen LogP contribution in [-0.4, -0.2) is 32.9 Å². The number of hydrogen-bond acceptors (Lipinski definition) is 5. The van der Waals surface area contributed by atoms with Crippen LogP contribution in [0.4, 0.5) is 5.69 Å². The summed E-state index contributed by atoms with van der Waals surface area (Å²) in [5, 5.41) is 4.36. The maximum absolute atomic E-state index is 13.1. The van der Waals surface area contributed by atoms with Gasteiger partial charge in [0.2, 0.25) is 5.91 Å². The number of carbonyl (C=O) groups excluding carboxylic acids is 1. The molecule has 0 saturated heterocycles. The minimum Gasteiger partial charge on any atom is -0.497 e. The van der Waals surface area contributed by atoms with E-state index in [1.54, 1.807) is 14.2 Å². The van der Waals surface area contributed by atoms with Crippen molar-refractivity contribution in [2.75, 3.05) is 18.2 Å². The van der Waals surface area contributed by atoms with Crippen LogP contribution in [-0.2, 0) is 25.3 Å². The number of nitrogens with zero attached hydrogens (tertiary/aromatic N) is 3. The Morgan fingerprint density at radius 3 is 2.69 bits per heavy atom. The van der Waals surface area contributed by atoms with Gasteiger partial charge in [0.15, 0.2) is 5.16 Å². The van der Waals surface area contributed by atoms with Crippen LogP contribution >= 0.6 is 11.8 Å². The van der Waals surface area contributed by atoms with Crippen LogP contribution in [0.15, 0.2) is 46.3 Å². The summed E-state index contributed by atoms with van der Waals surface area (Å²) >= 11 is 1.25. The molecule has 7 nitrogen and oxygen atoms in total. The molecule has 2 aromatic carbocycles. The number of anilines is 1. The Bertz CT molecular complexity index is 1400. The molecule has 0 atom stereocenters. The zero-order chi connectivity index (χ0) is 23.0. The van der Waals surface area contributed by atoms with Crippen molar-refractivity contribution in [1.82, 2.24) is 14.1 Å². The van der Waals surface area contributed by atoms with Gasteiger partial charge in [-0.1, -0.05) is 36.9 Å². The molecule has 2 heterocycles. The van der Waals surface area contributed by atoms with Gasteiger partial charge in [0.1, 0.15) is 16.8 Å². The van der Waals surface area contributed by atoms with Gasteiger partial charge in [-0.25, -0.2) is 4.98 Å². The number of methoxy groups -OCH3 is 1. The van der Waals surface area contributed by atoms with Gasteiger partial charge < -0.3 is 14.6 Å². The summed E-state index contributed by atoms with van der Waals surface area (Å²) < 4.78 is 8.70. The molecule has 0 aliphatic carbocycles. The molecular formula is C24H26N4O3S. The maximum atomic E-state index is 13.1. The summed E-state index contributed by atoms with van der Waals surface area (Å²) in [6.45, 7) is 4.04. The third-order valence-electron chi connectivity index (χ3n) is 5.72. The molecule has 8 heteroatoms. The predicted octanol–water partition coefficient (Wildman–Crippen LogP) is 4.04. The zero-order valence-electron chi connectivity index (χ0n) is 18.9. The summed E-state index contributed by atoms with van der Waals surface area (Å²) in [5.41, 5.74) is 4.87. The van der Waals surface area contributed by atoms with E-state index in [4.69, 9.17) is 9.72 Å². The summed E-state index contributed by atoms with van der Waals surface area (Å²) in [5.74, 6) is 0.719. The maximum Gasteiger partial charge on any atom is 0.278 e. The molecule has 0 saturated carbocycles. The van der Waals surface area contributed by atoms with Crippen molar-refractivity contribution >= 4 is 45.3 Å². The van der Waals surface area contributed by atoms with Crippen molar-refractivity contribution < 1.29 is 9.53 Å². The van der Waals surface area contributed by atoms with E-state index in [1.807, 2.05) is 54.9 Å². The van der Waals surface area contributed by atoms with Gasteiger partial charge >= 0.3 is 0 Å². The molecule has 4 aromatic rings. The fourth-order valence-corrected chi connectivity index (χ4v) is 4.71. The lowest BCUT2D eigenvalue weighted by Gasteiger charge is -2.13. The Balaban J connectivity index is 1.66. The Hall–Kier alpha value is -3.26. The lowest BCUT2D eigenvalue weighted by molar-refractivity contribution is -0.113. The quantitative estimate of drug-likeness (QED) is 0.354. The van der Waals surface area contributed by atoms with Crippen LogP contribution in [0.3, 0.4) is 0 Å². The van der Waals surface area contributed by atoms with Crippen LogP contribution in [0.2, 0.25) is 0 Å². The monoisotopic (exact) mass is 450 g/mol. The number of fused-ring (bicyclic) bond motifs is 3. The highest BCUT2D eigenvalue weighted by atomic mass is 32.2. The summed E-state index contributed by atoms with van der Waals surface area (Å²) in [6, 6.07) is 11.7. The van der Waals surface area contributed by atoms with Crippen molar-refractivity contribution in [3.63, 3.8) is 0 Å². The first-order chi connectivity index (χ1) is 15.3. The van der Waals surface area contributed by atoms with Gasteiger partial charge in [0.25, 0.3) is 5.56 Å². The third-order valence-corrected chi connectivity index (χ3v) is 6.75. The summed E-state index contributed by atoms with van der Waals surface area (Å²) in [6.07, 6.45) is 0.835. The SMILES string of the molecule is CCc1cccc(C)c1NC(=O)CSc1nc2c3cc(OC)ccc3n(C)c2c(=O)n1C. The molecule has 166 valence electrons. The number of aryl methyl sites for hydroxylation is 3. The van der Waals surface area contributed by atoms with Crippen molar-refractivity contribution in [1.29, 1.82) is 0 Å². The number of rotatable bonds is 6. The molecule has 0 radical (unpaired) electrons. The van der Waals surface area contributed by atoms with E-state index in [0.29, 0.717) is 21.9 Å². The van der Waals surface area contributed by atoms with Crippen LogP contribution in [0.5, 0.6) is 5.75 Å². The molecule has 1 N–H and O–H groups in total. The highest BCUT2D eigenvalue weighted by Crippen LogP contribution is 2.30. The second kappa shape index (κ2) is 8.70. The number of thioether (sulfide) groups is 1. The van der Waals surface area contributed by atoms with Crippen LogP contribution < -0.4 is 15.6 Å². The average Bonchev–Trinajstić information content (AvgIpc) is 3.07. The lowest BCUT2D eigenvalue weighted by Crippen LogP contribution is -2.22. The molecule has 0 bridgehead atoms. The Morgan fingerprint density at radius 2 is 1.97 bits per heavy atom. The number of ether oxygens (including phenoxy) is 1. The van der Waals surface area contributed by atoms with Gasteiger partial charge in [-0.15, -0.1) is 0 Å². The Morgan fingerprint density at radius 1 is 1.19 bits per heavy atom. The van der Waals surface area contributed by atoms with Gasteiger partial charge in [-0.3, -0.25) is 14.2 Å². The summed E-state index contributed by atoms with van der Waals surface area (Å²) in [4.78, 5) is 30.6. The third kappa shape index (κ3) is 3.75. The fourth-order valence-electron chi connectivity index (χ4n) is 3.94. The largest absolute Gasteiger partial charge is 0.497 e. The smallest absolute Gasteiger partial charge is 0.278 e. The van der Waals surface area contributed by atoms with Crippen molar-refractivity contribution in [3.8, 4) is 5.75 Å². The van der Waals surface area contributed by atoms with E-state index >= 15 is 0 Å². The first kappa shape index (κ1) is 22.0. The van der Waals surface area contributed by atoms with E-state index in [9.17, 15) is 9.59 Å². The van der Waals surface area contributed by atoms with Crippen LogP contribution in [0.1, 0.15) is 18.1 Å². The number of benzene rings is 2. The second-order valence-electron chi connectivity index (χ2n) is 7.70. The number of nitrogens with one attached hydrogen (secondary N) is 1. The topological polar surface area (TPSA) is 78.2 Å². The Labute approximate surface area is 190 Å². The van der Waals surface area contributed by atoms with Crippen molar-refractivity contribution in [3.05, 3.63) is 57.9 Å². The molecule has 2 aromatic heterocycles. The second-order valence-corrected chi connectivity index (χ2v) is 8.64. The fraction of sp³-hybridized carbons (Fsp3) is 0.292. The zero-order valence-corrected chi connectivity index (χ0v) is 19.7. The molecule has 0 aliphatic heterocycles. The van der Waals surface area contributed by atoms with E-state index in [1.165, 1.54) is 16.3 Å². The van der Waals surface area contributed by atoms with Crippen LogP contribution in [0, 0.1) is 6.92 Å². The standard InChI is InChI=1S/C24H26N4O3S/c1-6-15-9-7-8-14(2)20(15)25-19(29)13-32-24-26-21-17-12-16(31-5)10-11-18(17)27(3)22(21)23(30)28(24)4/h7-12H,6,13H2,1-5H3,(H,25,29). The molecule has 4 rings (SSSR count). The molecule has 0 spiro atoms. The van der Waals surface area contributed by atoms with Gasteiger partial charge in [-0.2, -0.15) is 0 Å². The van der Waals surface area contributed by atoms with Crippen LogP contribution in [0.25, 0.3) is 21.9 Å². The van der Waals surface area contributed by atoms with Crippen molar-refractivity contribution in [2.45, 2.75) is 25.4 Å². The number of para-hydroxylation sites is 1. The van der Waals surface area contributed by atoms with E-state index < -0.39 is 0 Å². The molecular weight excluding hydrogens is 424 g/mol. The van der Waals surface area contributed by atoms with Crippen molar-refractivity contribution in [2.24, 2.45) is 14.1 Å². The summed E-state index contributed by atoms with van der Waals surface area (Å²) in [7, 11) is 5.15. The minimum absolute atomic E-state index is 0.132. The number of hydrogen-bond donors (Lipinski definition) is 1. The van der Waals surface area contributed by atoms with E-state index in [0.717, 1.165) is 34.1 Å². The number of aromatic nitrogens is 3. The van der Waals surface area contributed by atoms with E-state index in [2.05, 4.69) is 12.2 Å². The Kier molecular flexibility index (Phi) is 5.97. The first-order valence-electron chi connectivity index (χ1n) is 10.4. The predicted molar refractivity (Wildman–Crippen MR) is 130 cm³/mol. The molecule has 0 fully saturated rings. The number of amides is 1. The number of carbonyl (C=O) groups is 1.